The van der Waals surface area contributed by atoms with Crippen LogP contribution < -0.4 is 16.8 Å². The van der Waals surface area contributed by atoms with Gasteiger partial charge in [0.25, 0.3) is 0 Å². The van der Waals surface area contributed by atoms with Crippen molar-refractivity contribution in [3.8, 4) is 0 Å². The number of nitrogen functional groups attached to an aromatic ring is 1. The fraction of sp³-hybridized carbons (Fsp3) is 0.333. The van der Waals surface area contributed by atoms with Gasteiger partial charge in [0.05, 0.1) is 0 Å². The van der Waals surface area contributed by atoms with Crippen molar-refractivity contribution in [1.82, 2.24) is 4.98 Å². The van der Waals surface area contributed by atoms with Crippen molar-refractivity contribution in [2.45, 2.75) is 6.18 Å². The molecule has 17 heavy (non-hydrogen) atoms. The molecule has 0 aliphatic carbocycles. The number of nitrogens with one attached hydrogen (secondary N) is 2. The number of hydrogen-bond donors (Lipinski definition) is 4. The highest BCUT2D eigenvalue weighted by Gasteiger charge is 2.36. The first-order valence-corrected chi connectivity index (χ1v) is 4.73. The Morgan fingerprint density at radius 2 is 2.06 bits per heavy atom. The second kappa shape index (κ2) is 5.00. The van der Waals surface area contributed by atoms with E-state index in [0.29, 0.717) is 18.9 Å². The van der Waals surface area contributed by atoms with Gasteiger partial charge in [0, 0.05) is 18.7 Å². The molecule has 0 atom stereocenters. The minimum atomic E-state index is -4.73. The van der Waals surface area contributed by atoms with Crippen molar-refractivity contribution in [3.63, 3.8) is 0 Å². The summed E-state index contributed by atoms with van der Waals surface area (Å²) < 4.78 is 36.8. The van der Waals surface area contributed by atoms with Gasteiger partial charge in [0.15, 0.2) is 0 Å². The summed E-state index contributed by atoms with van der Waals surface area (Å²) in [5, 5.41) is 9.72. The van der Waals surface area contributed by atoms with Crippen LogP contribution in [0.4, 0.5) is 24.8 Å². The second-order valence-electron chi connectivity index (χ2n) is 3.22. The maximum Gasteiger partial charge on any atom is 0.433 e. The number of alkyl halides is 3. The Morgan fingerprint density at radius 3 is 2.53 bits per heavy atom. The van der Waals surface area contributed by atoms with Crippen molar-refractivity contribution >= 4 is 17.3 Å². The highest BCUT2D eigenvalue weighted by Crippen LogP contribution is 2.24. The van der Waals surface area contributed by atoms with Gasteiger partial charge in [-0.2, -0.15) is 13.2 Å². The van der Waals surface area contributed by atoms with Gasteiger partial charge in [0.2, 0.25) is 0 Å². The van der Waals surface area contributed by atoms with Crippen molar-refractivity contribution in [3.05, 3.63) is 17.7 Å². The average Bonchev–Trinajstić information content (AvgIpc) is 2.24. The smallest absolute Gasteiger partial charge is 0.383 e. The molecule has 0 aromatic carbocycles. The summed E-state index contributed by atoms with van der Waals surface area (Å²) in [6, 6.07) is 2.43. The Labute approximate surface area is 95.5 Å². The van der Waals surface area contributed by atoms with E-state index in [0.717, 1.165) is 6.07 Å². The molecule has 6 N–H and O–H groups in total. The third kappa shape index (κ3) is 3.31. The molecule has 0 saturated carbocycles. The molecule has 0 saturated heterocycles. The van der Waals surface area contributed by atoms with E-state index >= 15 is 0 Å². The van der Waals surface area contributed by atoms with E-state index < -0.39 is 17.5 Å². The van der Waals surface area contributed by atoms with Gasteiger partial charge >= 0.3 is 6.18 Å². The predicted molar refractivity (Wildman–Crippen MR) is 59.1 cm³/mol. The van der Waals surface area contributed by atoms with Crippen LogP contribution in [-0.4, -0.2) is 30.0 Å². The topological polar surface area (TPSA) is 101 Å². The molecule has 94 valence electrons. The van der Waals surface area contributed by atoms with Crippen LogP contribution in [0.15, 0.2) is 12.1 Å². The van der Waals surface area contributed by atoms with Crippen LogP contribution in [0.25, 0.3) is 0 Å². The second-order valence-corrected chi connectivity index (χ2v) is 3.22. The molecule has 0 aliphatic rings. The van der Waals surface area contributed by atoms with Crippen LogP contribution >= 0.6 is 0 Å². The maximum absolute atomic E-state index is 12.3. The Hall–Kier alpha value is -1.83. The summed E-state index contributed by atoms with van der Waals surface area (Å²) >= 11 is 0. The lowest BCUT2D eigenvalue weighted by Crippen LogP contribution is -2.24. The van der Waals surface area contributed by atoms with Gasteiger partial charge < -0.3 is 16.8 Å². The molecule has 8 heteroatoms. The van der Waals surface area contributed by atoms with Crippen LogP contribution in [0, 0.1) is 5.41 Å². The minimum absolute atomic E-state index is 0.326. The lowest BCUT2D eigenvalue weighted by molar-refractivity contribution is -0.0587. The van der Waals surface area contributed by atoms with E-state index in [1.54, 1.807) is 0 Å². The molecule has 0 unspecified atom stereocenters. The average molecular weight is 247 g/mol. The van der Waals surface area contributed by atoms with Crippen LogP contribution in [0.5, 0.6) is 0 Å². The van der Waals surface area contributed by atoms with Gasteiger partial charge in [-0.3, -0.25) is 5.41 Å². The summed E-state index contributed by atoms with van der Waals surface area (Å²) in [5.74, 6) is -0.0129. The number of pyridine rings is 1. The fourth-order valence-corrected chi connectivity index (χ4v) is 1.14. The van der Waals surface area contributed by atoms with Crippen molar-refractivity contribution in [2.24, 2.45) is 5.73 Å². The lowest BCUT2D eigenvalue weighted by atomic mass is 10.1. The molecule has 0 fully saturated rings. The van der Waals surface area contributed by atoms with Crippen molar-refractivity contribution in [1.29, 1.82) is 5.41 Å². The van der Waals surface area contributed by atoms with E-state index in [9.17, 15) is 13.2 Å². The van der Waals surface area contributed by atoms with Crippen LogP contribution in [0.1, 0.15) is 5.56 Å². The summed E-state index contributed by atoms with van der Waals surface area (Å²) in [4.78, 5) is 3.72. The summed E-state index contributed by atoms with van der Waals surface area (Å²) in [6.45, 7) is 0.796. The van der Waals surface area contributed by atoms with E-state index in [1.807, 2.05) is 0 Å². The van der Waals surface area contributed by atoms with Crippen LogP contribution in [-0.2, 0) is 0 Å². The number of nitrogens with zero attached hydrogens (tertiary/aromatic N) is 1. The highest BCUT2D eigenvalue weighted by molar-refractivity contribution is 6.05. The van der Waals surface area contributed by atoms with Gasteiger partial charge in [-0.25, -0.2) is 4.98 Å². The molecule has 0 amide bonds. The molecule has 1 aromatic heterocycles. The zero-order valence-electron chi connectivity index (χ0n) is 8.80. The third-order valence-electron chi connectivity index (χ3n) is 1.93. The van der Waals surface area contributed by atoms with Crippen molar-refractivity contribution < 1.29 is 13.2 Å². The summed E-state index contributed by atoms with van der Waals surface area (Å²) in [7, 11) is 0. The standard InChI is InChI=1S/C9H12F3N5/c10-9(11,12)7(14)5-1-2-6(16-4-3-13)17-8(5)15/h1-2,14H,3-4,13H2,(H3,15,16,17). The molecule has 1 aromatic rings. The third-order valence-corrected chi connectivity index (χ3v) is 1.93. The Balaban J connectivity index is 2.94. The summed E-state index contributed by atoms with van der Waals surface area (Å²) in [5.41, 5.74) is 8.67. The van der Waals surface area contributed by atoms with Crippen LogP contribution in [0.3, 0.4) is 0 Å². The zero-order chi connectivity index (χ0) is 13.1. The van der Waals surface area contributed by atoms with Crippen molar-refractivity contribution in [2.75, 3.05) is 24.1 Å². The minimum Gasteiger partial charge on any atom is -0.383 e. The van der Waals surface area contributed by atoms with E-state index in [4.69, 9.17) is 16.9 Å². The van der Waals surface area contributed by atoms with Gasteiger partial charge in [-0.1, -0.05) is 0 Å². The Kier molecular flexibility index (Phi) is 3.89. The molecule has 1 heterocycles. The van der Waals surface area contributed by atoms with Gasteiger partial charge in [-0.05, 0) is 12.1 Å². The van der Waals surface area contributed by atoms with Crippen LogP contribution in [0.2, 0.25) is 0 Å². The lowest BCUT2D eigenvalue weighted by Gasteiger charge is -2.11. The number of rotatable bonds is 4. The van der Waals surface area contributed by atoms with Gasteiger partial charge in [0.1, 0.15) is 17.3 Å². The number of halogens is 3. The number of aromatic nitrogens is 1. The maximum atomic E-state index is 12.3. The molecule has 0 radical (unpaired) electrons. The molecule has 5 nitrogen and oxygen atoms in total. The first kappa shape index (κ1) is 13.2. The fourth-order valence-electron chi connectivity index (χ4n) is 1.14. The number of hydrogen-bond acceptors (Lipinski definition) is 5. The number of nitrogens with two attached hydrogens (primary N) is 2. The largest absolute Gasteiger partial charge is 0.433 e. The highest BCUT2D eigenvalue weighted by atomic mass is 19.4. The molecule has 1 rings (SSSR count). The molecule has 0 spiro atoms. The number of anilines is 2. The monoisotopic (exact) mass is 247 g/mol. The van der Waals surface area contributed by atoms with Gasteiger partial charge in [-0.15, -0.1) is 0 Å². The van der Waals surface area contributed by atoms with E-state index in [2.05, 4.69) is 10.3 Å². The predicted octanol–water partition coefficient (Wildman–Crippen LogP) is 0.965. The molecule has 0 aliphatic heterocycles. The zero-order valence-corrected chi connectivity index (χ0v) is 8.80. The Bertz CT molecular complexity index is 416. The van der Waals surface area contributed by atoms with E-state index in [1.165, 1.54) is 6.07 Å². The quantitative estimate of drug-likeness (QED) is 0.595. The Morgan fingerprint density at radius 1 is 1.41 bits per heavy atom. The molecule has 0 bridgehead atoms. The molecular weight excluding hydrogens is 235 g/mol. The SMILES string of the molecule is N=C(c1ccc(NCCN)nc1N)C(F)(F)F. The first-order chi connectivity index (χ1) is 7.86. The normalized spacial score (nSPS) is 11.3. The molecular formula is C9H12F3N5. The first-order valence-electron chi connectivity index (χ1n) is 4.73. The van der Waals surface area contributed by atoms with E-state index in [-0.39, 0.29) is 5.82 Å². The summed E-state index contributed by atoms with van der Waals surface area (Å²) in [6.07, 6.45) is -4.73.